The van der Waals surface area contributed by atoms with Crippen LogP contribution in [0.1, 0.15) is 22.9 Å². The first-order chi connectivity index (χ1) is 12.9. The zero-order chi connectivity index (χ0) is 19.6. The highest BCUT2D eigenvalue weighted by atomic mass is 16.5. The standard InChI is InChI=1S/C19H19N3O5/c1-11-15(17(25)18(20)26)16-13(27-10-14(23)24)7-8-21-19(16)22(11)9-12-5-3-2-4-6-12/h2-8,17,25H,9-10H2,1H3,(H2,20,26)(H,23,24). The van der Waals surface area contributed by atoms with Crippen molar-refractivity contribution in [3.8, 4) is 5.75 Å². The fourth-order valence-corrected chi connectivity index (χ4v) is 3.07. The van der Waals surface area contributed by atoms with Crippen LogP contribution in [0.25, 0.3) is 11.0 Å². The number of rotatable bonds is 7. The third-order valence-electron chi connectivity index (χ3n) is 4.29. The number of carbonyl (C=O) groups excluding carboxylic acids is 1. The van der Waals surface area contributed by atoms with Crippen LogP contribution >= 0.6 is 0 Å². The minimum Gasteiger partial charge on any atom is -0.481 e. The summed E-state index contributed by atoms with van der Waals surface area (Å²) >= 11 is 0. The van der Waals surface area contributed by atoms with Gasteiger partial charge in [-0.2, -0.15) is 0 Å². The van der Waals surface area contributed by atoms with Gasteiger partial charge in [-0.25, -0.2) is 9.78 Å². The molecule has 3 aromatic rings. The van der Waals surface area contributed by atoms with E-state index in [4.69, 9.17) is 15.6 Å². The van der Waals surface area contributed by atoms with E-state index in [2.05, 4.69) is 4.98 Å². The molecule has 2 aromatic heterocycles. The zero-order valence-electron chi connectivity index (χ0n) is 14.6. The average molecular weight is 369 g/mol. The maximum Gasteiger partial charge on any atom is 0.341 e. The van der Waals surface area contributed by atoms with Crippen LogP contribution in [0.15, 0.2) is 42.6 Å². The maximum absolute atomic E-state index is 11.6. The van der Waals surface area contributed by atoms with Crippen molar-refractivity contribution in [1.29, 1.82) is 0 Å². The lowest BCUT2D eigenvalue weighted by atomic mass is 10.1. The first kappa shape index (κ1) is 18.4. The molecular formula is C19H19N3O5. The smallest absolute Gasteiger partial charge is 0.341 e. The fraction of sp³-hybridized carbons (Fsp3) is 0.211. The van der Waals surface area contributed by atoms with E-state index in [0.717, 1.165) is 5.56 Å². The van der Waals surface area contributed by atoms with Crippen molar-refractivity contribution in [3.05, 3.63) is 59.4 Å². The number of hydrogen-bond donors (Lipinski definition) is 3. The van der Waals surface area contributed by atoms with Crippen LogP contribution in [-0.4, -0.2) is 38.2 Å². The Morgan fingerprint density at radius 2 is 1.96 bits per heavy atom. The quantitative estimate of drug-likeness (QED) is 0.577. The lowest BCUT2D eigenvalue weighted by Gasteiger charge is -2.10. The number of nitrogens with zero attached hydrogens (tertiary/aromatic N) is 2. The number of carboxylic acid groups (broad SMARTS) is 1. The number of nitrogens with two attached hydrogens (primary N) is 1. The summed E-state index contributed by atoms with van der Waals surface area (Å²) in [7, 11) is 0. The molecule has 2 heterocycles. The monoisotopic (exact) mass is 369 g/mol. The van der Waals surface area contributed by atoms with E-state index in [1.54, 1.807) is 6.92 Å². The SMILES string of the molecule is Cc1c(C(O)C(N)=O)c2c(OCC(=O)O)ccnc2n1Cc1ccccc1. The summed E-state index contributed by atoms with van der Waals surface area (Å²) in [5.74, 6) is -1.84. The van der Waals surface area contributed by atoms with E-state index in [1.165, 1.54) is 12.3 Å². The lowest BCUT2D eigenvalue weighted by Crippen LogP contribution is -2.21. The highest BCUT2D eigenvalue weighted by molar-refractivity contribution is 5.94. The van der Waals surface area contributed by atoms with Gasteiger partial charge in [0.15, 0.2) is 12.7 Å². The molecule has 0 aliphatic heterocycles. The maximum atomic E-state index is 11.6. The number of aliphatic hydroxyl groups excluding tert-OH is 1. The van der Waals surface area contributed by atoms with Crippen LogP contribution in [0.4, 0.5) is 0 Å². The molecule has 140 valence electrons. The number of ether oxygens (including phenoxy) is 1. The minimum atomic E-state index is -1.57. The van der Waals surface area contributed by atoms with E-state index in [0.29, 0.717) is 23.3 Å². The summed E-state index contributed by atoms with van der Waals surface area (Å²) < 4.78 is 7.19. The molecule has 0 spiro atoms. The number of hydrogen-bond acceptors (Lipinski definition) is 5. The summed E-state index contributed by atoms with van der Waals surface area (Å²) in [5, 5.41) is 19.6. The van der Waals surface area contributed by atoms with Crippen molar-refractivity contribution >= 4 is 22.9 Å². The Balaban J connectivity index is 2.21. The molecule has 27 heavy (non-hydrogen) atoms. The molecule has 4 N–H and O–H groups in total. The van der Waals surface area contributed by atoms with Gasteiger partial charge in [0.25, 0.3) is 5.91 Å². The van der Waals surface area contributed by atoms with E-state index in [9.17, 15) is 14.7 Å². The molecule has 0 fully saturated rings. The third-order valence-corrected chi connectivity index (χ3v) is 4.29. The second kappa shape index (κ2) is 7.46. The summed E-state index contributed by atoms with van der Waals surface area (Å²) in [6.45, 7) is 1.63. The normalized spacial score (nSPS) is 12.1. The van der Waals surface area contributed by atoms with Crippen molar-refractivity contribution < 1.29 is 24.5 Å². The highest BCUT2D eigenvalue weighted by Gasteiger charge is 2.27. The Hall–Kier alpha value is -3.39. The molecule has 1 atom stereocenters. The van der Waals surface area contributed by atoms with Gasteiger partial charge in [0, 0.05) is 24.0 Å². The summed E-state index contributed by atoms with van der Waals surface area (Å²) in [5.41, 5.74) is 7.63. The first-order valence-electron chi connectivity index (χ1n) is 8.23. The van der Waals surface area contributed by atoms with Gasteiger partial charge in [-0.3, -0.25) is 4.79 Å². The van der Waals surface area contributed by atoms with Gasteiger partial charge in [-0.15, -0.1) is 0 Å². The van der Waals surface area contributed by atoms with Crippen LogP contribution in [-0.2, 0) is 16.1 Å². The number of benzene rings is 1. The predicted molar refractivity (Wildman–Crippen MR) is 97.3 cm³/mol. The number of aromatic nitrogens is 2. The fourth-order valence-electron chi connectivity index (χ4n) is 3.07. The number of primary amides is 1. The number of pyridine rings is 1. The minimum absolute atomic E-state index is 0.215. The lowest BCUT2D eigenvalue weighted by molar-refractivity contribution is -0.139. The van der Waals surface area contributed by atoms with E-state index >= 15 is 0 Å². The molecule has 8 nitrogen and oxygen atoms in total. The van der Waals surface area contributed by atoms with E-state index in [1.807, 2.05) is 34.9 Å². The molecule has 1 unspecified atom stereocenters. The first-order valence-corrected chi connectivity index (χ1v) is 8.23. The number of carbonyl (C=O) groups is 2. The van der Waals surface area contributed by atoms with E-state index < -0.39 is 24.6 Å². The van der Waals surface area contributed by atoms with Crippen molar-refractivity contribution in [3.63, 3.8) is 0 Å². The van der Waals surface area contributed by atoms with Gasteiger partial charge < -0.3 is 25.3 Å². The van der Waals surface area contributed by atoms with Crippen LogP contribution in [0.5, 0.6) is 5.75 Å². The van der Waals surface area contributed by atoms with Crippen LogP contribution in [0, 0.1) is 6.92 Å². The summed E-state index contributed by atoms with van der Waals surface area (Å²) in [4.78, 5) is 26.9. The Kier molecular flexibility index (Phi) is 5.09. The average Bonchev–Trinajstić information content (AvgIpc) is 2.92. The van der Waals surface area contributed by atoms with Crippen molar-refractivity contribution in [2.75, 3.05) is 6.61 Å². The molecule has 1 amide bonds. The van der Waals surface area contributed by atoms with Gasteiger partial charge in [-0.05, 0) is 18.6 Å². The van der Waals surface area contributed by atoms with E-state index in [-0.39, 0.29) is 11.3 Å². The predicted octanol–water partition coefficient (Wildman–Crippen LogP) is 1.38. The molecule has 3 rings (SSSR count). The van der Waals surface area contributed by atoms with Crippen LogP contribution in [0.2, 0.25) is 0 Å². The van der Waals surface area contributed by atoms with Gasteiger partial charge >= 0.3 is 5.97 Å². The van der Waals surface area contributed by atoms with Gasteiger partial charge in [0.05, 0.1) is 5.39 Å². The Morgan fingerprint density at radius 1 is 1.26 bits per heavy atom. The zero-order valence-corrected chi connectivity index (χ0v) is 14.6. The van der Waals surface area contributed by atoms with Gasteiger partial charge in [0.1, 0.15) is 11.4 Å². The number of amides is 1. The highest BCUT2D eigenvalue weighted by Crippen LogP contribution is 2.36. The number of fused-ring (bicyclic) bond motifs is 1. The molecule has 0 aliphatic carbocycles. The Labute approximate surface area is 154 Å². The van der Waals surface area contributed by atoms with Crippen molar-refractivity contribution in [1.82, 2.24) is 9.55 Å². The molecule has 0 saturated heterocycles. The molecule has 0 radical (unpaired) electrons. The van der Waals surface area contributed by atoms with Crippen LogP contribution in [0.3, 0.4) is 0 Å². The van der Waals surface area contributed by atoms with Crippen molar-refractivity contribution in [2.45, 2.75) is 19.6 Å². The molecule has 0 bridgehead atoms. The van der Waals surface area contributed by atoms with Crippen molar-refractivity contribution in [2.24, 2.45) is 5.73 Å². The largest absolute Gasteiger partial charge is 0.481 e. The second-order valence-corrected chi connectivity index (χ2v) is 6.07. The second-order valence-electron chi connectivity index (χ2n) is 6.07. The van der Waals surface area contributed by atoms with Gasteiger partial charge in [-0.1, -0.05) is 30.3 Å². The molecular weight excluding hydrogens is 350 g/mol. The topological polar surface area (TPSA) is 128 Å². The number of carboxylic acids is 1. The molecule has 0 aliphatic rings. The number of aliphatic carboxylic acids is 1. The molecule has 1 aromatic carbocycles. The third kappa shape index (κ3) is 3.61. The summed E-state index contributed by atoms with van der Waals surface area (Å²) in [6, 6.07) is 11.1. The van der Waals surface area contributed by atoms with Gasteiger partial charge in [0.2, 0.25) is 0 Å². The molecule has 0 saturated carbocycles. The Bertz CT molecular complexity index is 997. The number of aliphatic hydroxyl groups is 1. The molecule has 8 heteroatoms. The van der Waals surface area contributed by atoms with Crippen LogP contribution < -0.4 is 10.5 Å². The summed E-state index contributed by atoms with van der Waals surface area (Å²) in [6.07, 6.45) is -0.0816. The Morgan fingerprint density at radius 3 is 2.59 bits per heavy atom.